The topological polar surface area (TPSA) is 60.7 Å². The molecule has 0 bridgehead atoms. The van der Waals surface area contributed by atoms with Crippen LogP contribution in [0.5, 0.6) is 0 Å². The molecule has 0 heterocycles. The number of hydrogen-bond acceptors (Lipinski definition) is 3. The molecule has 3 nitrogen and oxygen atoms in total. The Hall–Kier alpha value is -1.16. The van der Waals surface area contributed by atoms with Gasteiger partial charge in [0.2, 0.25) is 0 Å². The quantitative estimate of drug-likeness (QED) is 0.490. The van der Waals surface area contributed by atoms with E-state index < -0.39 is 5.60 Å². The van der Waals surface area contributed by atoms with E-state index in [2.05, 4.69) is 51.7 Å². The van der Waals surface area contributed by atoms with Crippen molar-refractivity contribution in [2.45, 2.75) is 97.4 Å². The Morgan fingerprint density at radius 3 is 2.42 bits per heavy atom. The lowest BCUT2D eigenvalue weighted by Gasteiger charge is -2.45. The Bertz CT molecular complexity index is 753. The van der Waals surface area contributed by atoms with E-state index in [1.54, 1.807) is 0 Å². The molecule has 3 fully saturated rings. The molecule has 1 unspecified atom stereocenters. The highest BCUT2D eigenvalue weighted by Crippen LogP contribution is 2.59. The van der Waals surface area contributed by atoms with E-state index in [0.29, 0.717) is 24.2 Å². The summed E-state index contributed by atoms with van der Waals surface area (Å²) in [5.74, 6) is 1.55. The zero-order valence-corrected chi connectivity index (χ0v) is 20.3. The highest BCUT2D eigenvalue weighted by Gasteiger charge is 2.52. The van der Waals surface area contributed by atoms with E-state index in [1.807, 2.05) is 13.8 Å². The zero-order valence-electron chi connectivity index (χ0n) is 20.3. The van der Waals surface area contributed by atoms with Crippen LogP contribution in [0.15, 0.2) is 47.6 Å². The molecule has 31 heavy (non-hydrogen) atoms. The molecule has 3 N–H and O–H groups in total. The summed E-state index contributed by atoms with van der Waals surface area (Å²) < 4.78 is 0. The number of rotatable bonds is 5. The van der Waals surface area contributed by atoms with Crippen LogP contribution >= 0.6 is 0 Å². The molecule has 0 spiro atoms. The fraction of sp³-hybridized carbons (Fsp3) is 0.714. The summed E-state index contributed by atoms with van der Waals surface area (Å²) >= 11 is 0. The summed E-state index contributed by atoms with van der Waals surface area (Å²) in [7, 11) is 0. The summed E-state index contributed by atoms with van der Waals surface area (Å²) in [5, 5.41) is 31.1. The molecule has 0 amide bonds. The molecule has 3 rings (SSSR count). The third kappa shape index (κ3) is 5.43. The van der Waals surface area contributed by atoms with Crippen LogP contribution in [-0.4, -0.2) is 33.1 Å². The van der Waals surface area contributed by atoms with Gasteiger partial charge < -0.3 is 15.3 Å². The van der Waals surface area contributed by atoms with Crippen molar-refractivity contribution in [2.75, 3.05) is 0 Å². The van der Waals surface area contributed by atoms with Crippen LogP contribution < -0.4 is 0 Å². The van der Waals surface area contributed by atoms with Gasteiger partial charge in [-0.15, -0.1) is 0 Å². The van der Waals surface area contributed by atoms with Crippen molar-refractivity contribution in [1.29, 1.82) is 0 Å². The third-order valence-corrected chi connectivity index (χ3v) is 8.64. The summed E-state index contributed by atoms with van der Waals surface area (Å²) in [6.07, 6.45) is 14.7. The van der Waals surface area contributed by atoms with Gasteiger partial charge >= 0.3 is 0 Å². The average Bonchev–Trinajstić information content (AvgIpc) is 3.02. The van der Waals surface area contributed by atoms with E-state index in [-0.39, 0.29) is 23.5 Å². The summed E-state index contributed by atoms with van der Waals surface area (Å²) in [6, 6.07) is 0. The monoisotopic (exact) mass is 428 g/mol. The Kier molecular flexibility index (Phi) is 7.40. The van der Waals surface area contributed by atoms with Crippen LogP contribution in [0.25, 0.3) is 0 Å². The van der Waals surface area contributed by atoms with Crippen molar-refractivity contribution in [2.24, 2.45) is 29.1 Å². The van der Waals surface area contributed by atoms with E-state index >= 15 is 0 Å². The van der Waals surface area contributed by atoms with Crippen molar-refractivity contribution in [3.63, 3.8) is 0 Å². The lowest BCUT2D eigenvalue weighted by Crippen LogP contribution is -2.40. The van der Waals surface area contributed by atoms with Gasteiger partial charge in [0.1, 0.15) is 0 Å². The highest BCUT2D eigenvalue weighted by atomic mass is 16.3. The van der Waals surface area contributed by atoms with Gasteiger partial charge in [-0.05, 0) is 87.5 Å². The fourth-order valence-electron chi connectivity index (χ4n) is 6.32. The van der Waals surface area contributed by atoms with Crippen LogP contribution in [0.4, 0.5) is 0 Å². The largest absolute Gasteiger partial charge is 0.393 e. The van der Waals surface area contributed by atoms with Gasteiger partial charge in [-0.2, -0.15) is 0 Å². The van der Waals surface area contributed by atoms with Gasteiger partial charge in [-0.3, -0.25) is 0 Å². The maximum absolute atomic E-state index is 10.8. The van der Waals surface area contributed by atoms with Gasteiger partial charge in [0, 0.05) is 5.92 Å². The maximum Gasteiger partial charge on any atom is 0.0651 e. The minimum atomic E-state index is -0.709. The first kappa shape index (κ1) is 24.5. The van der Waals surface area contributed by atoms with E-state index in [1.165, 1.54) is 24.0 Å². The van der Waals surface area contributed by atoms with Crippen molar-refractivity contribution in [3.05, 3.63) is 47.6 Å². The minimum Gasteiger partial charge on any atom is -0.393 e. The second-order valence-electron chi connectivity index (χ2n) is 11.4. The summed E-state index contributed by atoms with van der Waals surface area (Å²) in [5.41, 5.74) is 3.06. The first-order valence-electron chi connectivity index (χ1n) is 12.3. The van der Waals surface area contributed by atoms with Gasteiger partial charge in [-0.1, -0.05) is 62.8 Å². The van der Waals surface area contributed by atoms with Crippen LogP contribution in [0.2, 0.25) is 0 Å². The molecule has 0 aromatic heterocycles. The van der Waals surface area contributed by atoms with Crippen molar-refractivity contribution in [3.8, 4) is 0 Å². The number of aliphatic hydroxyl groups excluding tert-OH is 2. The maximum atomic E-state index is 10.8. The average molecular weight is 429 g/mol. The number of aliphatic hydroxyl groups is 3. The predicted octanol–water partition coefficient (Wildman–Crippen LogP) is 5.73. The first-order valence-corrected chi connectivity index (χ1v) is 12.3. The molecule has 3 saturated carbocycles. The standard InChI is InChI=1S/C28H44O3/c1-18-8-12-23(29)15-21(18)10-11-22-16-24(30)17-28(6)25(13-14-26(22)28)19(2)7-9-20(3)27(4,5)31/h7,9-11,19-20,23-26,29-31H,1,8,12-17H2,2-6H3/b9-7+,21-10-,22-11+/t19-,20+,23+,24?,25-,26+,28-/m1/s1. The van der Waals surface area contributed by atoms with E-state index in [9.17, 15) is 15.3 Å². The summed E-state index contributed by atoms with van der Waals surface area (Å²) in [4.78, 5) is 0. The number of fused-ring (bicyclic) bond motifs is 1. The van der Waals surface area contributed by atoms with Crippen molar-refractivity contribution >= 4 is 0 Å². The smallest absolute Gasteiger partial charge is 0.0651 e. The molecule has 174 valence electrons. The Morgan fingerprint density at radius 1 is 1.03 bits per heavy atom. The van der Waals surface area contributed by atoms with Crippen molar-refractivity contribution < 1.29 is 15.3 Å². The highest BCUT2D eigenvalue weighted by molar-refractivity contribution is 5.36. The van der Waals surface area contributed by atoms with Crippen molar-refractivity contribution in [1.82, 2.24) is 0 Å². The number of hydrogen-bond donors (Lipinski definition) is 3. The lowest BCUT2D eigenvalue weighted by molar-refractivity contribution is 0.0236. The summed E-state index contributed by atoms with van der Waals surface area (Å²) in [6.45, 7) is 14.7. The molecule has 3 aliphatic rings. The van der Waals surface area contributed by atoms with Crippen LogP contribution in [0.3, 0.4) is 0 Å². The Labute approximate surface area is 189 Å². The molecular formula is C28H44O3. The van der Waals surface area contributed by atoms with E-state index in [0.717, 1.165) is 31.3 Å². The Balaban J connectivity index is 1.80. The normalized spacial score (nSPS) is 39.3. The van der Waals surface area contributed by atoms with Gasteiger partial charge in [-0.25, -0.2) is 0 Å². The number of allylic oxidation sites excluding steroid dienone is 4. The second kappa shape index (κ2) is 9.37. The third-order valence-electron chi connectivity index (χ3n) is 8.64. The van der Waals surface area contributed by atoms with Crippen LogP contribution in [0.1, 0.15) is 79.6 Å². The van der Waals surface area contributed by atoms with Gasteiger partial charge in [0.25, 0.3) is 0 Å². The Morgan fingerprint density at radius 2 is 1.74 bits per heavy atom. The molecule has 7 atom stereocenters. The predicted molar refractivity (Wildman–Crippen MR) is 128 cm³/mol. The van der Waals surface area contributed by atoms with Crippen LogP contribution in [-0.2, 0) is 0 Å². The molecule has 0 saturated heterocycles. The van der Waals surface area contributed by atoms with E-state index in [4.69, 9.17) is 0 Å². The molecule has 0 radical (unpaired) electrons. The molecule has 0 aliphatic heterocycles. The van der Waals surface area contributed by atoms with Gasteiger partial charge in [0.15, 0.2) is 0 Å². The molecule has 0 aromatic rings. The zero-order chi connectivity index (χ0) is 23.0. The second-order valence-corrected chi connectivity index (χ2v) is 11.4. The molecular weight excluding hydrogens is 384 g/mol. The first-order chi connectivity index (χ1) is 14.4. The van der Waals surface area contributed by atoms with Gasteiger partial charge in [0.05, 0.1) is 17.8 Å². The SMILES string of the molecule is C=C1CC[C@H](O)C/C1=C/C=C1\CC(O)C[C@]2(C)[C@@H]([C@H](C)/C=C/[C@H](C)C(C)(C)O)CC[C@@H]12. The van der Waals surface area contributed by atoms with Crippen LogP contribution in [0, 0.1) is 29.1 Å². The molecule has 3 aliphatic carbocycles. The fourth-order valence-corrected chi connectivity index (χ4v) is 6.32. The lowest BCUT2D eigenvalue weighted by atomic mass is 9.60. The molecule has 3 heteroatoms. The molecule has 0 aromatic carbocycles. The minimum absolute atomic E-state index is 0.0901.